The van der Waals surface area contributed by atoms with Crippen molar-refractivity contribution >= 4 is 40.2 Å². The van der Waals surface area contributed by atoms with Gasteiger partial charge in [0.05, 0.1) is 5.69 Å². The standard InChI is InChI=1S/C22H18N4O2S2/c1-15-18(19(28-26-15)17-12-6-3-7-13-17)20(27)23-21-24-25-22(30-21)29-14-8-11-16-9-4-2-5-10-16/h2-13H,14H2,1H3,(H,23,24,27)/b11-8+. The number of carbonyl (C=O) groups is 1. The van der Waals surface area contributed by atoms with Crippen molar-refractivity contribution in [1.29, 1.82) is 0 Å². The Morgan fingerprint density at radius 1 is 1.10 bits per heavy atom. The quantitative estimate of drug-likeness (QED) is 0.303. The number of aromatic nitrogens is 3. The average molecular weight is 435 g/mol. The molecule has 0 radical (unpaired) electrons. The lowest BCUT2D eigenvalue weighted by Gasteiger charge is -2.02. The van der Waals surface area contributed by atoms with Crippen molar-refractivity contribution in [1.82, 2.24) is 15.4 Å². The molecule has 0 bridgehead atoms. The van der Waals surface area contributed by atoms with Crippen LogP contribution in [0.4, 0.5) is 5.13 Å². The lowest BCUT2D eigenvalue weighted by molar-refractivity contribution is 0.102. The highest BCUT2D eigenvalue weighted by Crippen LogP contribution is 2.29. The van der Waals surface area contributed by atoms with Crippen LogP contribution in [0, 0.1) is 6.92 Å². The zero-order valence-corrected chi connectivity index (χ0v) is 17.7. The second-order valence-corrected chi connectivity index (χ2v) is 8.53. The number of benzene rings is 2. The lowest BCUT2D eigenvalue weighted by atomic mass is 10.1. The Morgan fingerprint density at radius 3 is 2.60 bits per heavy atom. The van der Waals surface area contributed by atoms with Gasteiger partial charge in [0.25, 0.3) is 5.91 Å². The monoisotopic (exact) mass is 434 g/mol. The lowest BCUT2D eigenvalue weighted by Crippen LogP contribution is -2.13. The smallest absolute Gasteiger partial charge is 0.263 e. The average Bonchev–Trinajstić information content (AvgIpc) is 3.39. The Bertz CT molecular complexity index is 1150. The molecular weight excluding hydrogens is 416 g/mol. The number of rotatable bonds is 7. The van der Waals surface area contributed by atoms with Crippen LogP contribution in [0.5, 0.6) is 0 Å². The van der Waals surface area contributed by atoms with E-state index in [-0.39, 0.29) is 5.91 Å². The molecule has 4 rings (SSSR count). The molecule has 2 heterocycles. The number of hydrogen-bond acceptors (Lipinski definition) is 7. The van der Waals surface area contributed by atoms with Crippen molar-refractivity contribution in [3.63, 3.8) is 0 Å². The van der Waals surface area contributed by atoms with Crippen LogP contribution in [0.2, 0.25) is 0 Å². The predicted octanol–water partition coefficient (Wildman–Crippen LogP) is 5.56. The van der Waals surface area contributed by atoms with Gasteiger partial charge in [-0.1, -0.05) is 101 Å². The maximum Gasteiger partial charge on any atom is 0.263 e. The van der Waals surface area contributed by atoms with E-state index in [1.807, 2.05) is 48.5 Å². The van der Waals surface area contributed by atoms with Crippen molar-refractivity contribution in [3.05, 3.63) is 83.6 Å². The van der Waals surface area contributed by atoms with Gasteiger partial charge < -0.3 is 4.52 Å². The van der Waals surface area contributed by atoms with Gasteiger partial charge in [0.1, 0.15) is 5.56 Å². The van der Waals surface area contributed by atoms with E-state index in [0.29, 0.717) is 22.1 Å². The summed E-state index contributed by atoms with van der Waals surface area (Å²) < 4.78 is 6.18. The normalized spacial score (nSPS) is 11.1. The largest absolute Gasteiger partial charge is 0.355 e. The van der Waals surface area contributed by atoms with Gasteiger partial charge >= 0.3 is 0 Å². The van der Waals surface area contributed by atoms with E-state index in [2.05, 4.69) is 45.0 Å². The predicted molar refractivity (Wildman–Crippen MR) is 121 cm³/mol. The minimum absolute atomic E-state index is 0.315. The fourth-order valence-corrected chi connectivity index (χ4v) is 4.35. The molecule has 4 aromatic rings. The van der Waals surface area contributed by atoms with Gasteiger partial charge in [-0.05, 0) is 12.5 Å². The summed E-state index contributed by atoms with van der Waals surface area (Å²) in [6.07, 6.45) is 4.14. The van der Waals surface area contributed by atoms with Crippen LogP contribution in [-0.4, -0.2) is 27.0 Å². The Balaban J connectivity index is 1.39. The summed E-state index contributed by atoms with van der Waals surface area (Å²) in [5, 5.41) is 15.4. The van der Waals surface area contributed by atoms with Gasteiger partial charge in [0.15, 0.2) is 10.1 Å². The molecule has 0 unspecified atom stereocenters. The number of thioether (sulfide) groups is 1. The summed E-state index contributed by atoms with van der Waals surface area (Å²) >= 11 is 2.90. The first-order chi connectivity index (χ1) is 14.7. The fourth-order valence-electron chi connectivity index (χ4n) is 2.77. The van der Waals surface area contributed by atoms with E-state index < -0.39 is 0 Å². The van der Waals surface area contributed by atoms with E-state index >= 15 is 0 Å². The molecule has 1 N–H and O–H groups in total. The van der Waals surface area contributed by atoms with Crippen molar-refractivity contribution in [2.45, 2.75) is 11.3 Å². The molecule has 6 nitrogen and oxygen atoms in total. The first-order valence-corrected chi connectivity index (χ1v) is 11.0. The molecule has 2 aromatic heterocycles. The first-order valence-electron chi connectivity index (χ1n) is 9.21. The van der Waals surface area contributed by atoms with Crippen LogP contribution in [0.3, 0.4) is 0 Å². The van der Waals surface area contributed by atoms with Crippen molar-refractivity contribution < 1.29 is 9.32 Å². The number of aryl methyl sites for hydroxylation is 1. The molecule has 150 valence electrons. The summed E-state index contributed by atoms with van der Waals surface area (Å²) in [5.41, 5.74) is 2.87. The van der Waals surface area contributed by atoms with Gasteiger partial charge in [-0.25, -0.2) is 0 Å². The molecule has 0 fully saturated rings. The van der Waals surface area contributed by atoms with E-state index in [4.69, 9.17) is 4.52 Å². The second kappa shape index (κ2) is 9.51. The molecule has 2 aromatic carbocycles. The number of carbonyl (C=O) groups excluding carboxylic acids is 1. The van der Waals surface area contributed by atoms with E-state index in [1.165, 1.54) is 11.3 Å². The Kier molecular flexibility index (Phi) is 6.36. The molecule has 0 aliphatic carbocycles. The topological polar surface area (TPSA) is 80.9 Å². The van der Waals surface area contributed by atoms with Crippen LogP contribution in [0.1, 0.15) is 21.6 Å². The van der Waals surface area contributed by atoms with Crippen LogP contribution < -0.4 is 5.32 Å². The van der Waals surface area contributed by atoms with Gasteiger partial charge in [-0.2, -0.15) is 0 Å². The first kappa shape index (κ1) is 20.1. The summed E-state index contributed by atoms with van der Waals surface area (Å²) in [7, 11) is 0. The molecule has 0 saturated heterocycles. The third-order valence-corrected chi connectivity index (χ3v) is 6.09. The SMILES string of the molecule is Cc1noc(-c2ccccc2)c1C(=O)Nc1nnc(SC/C=C/c2ccccc2)s1. The molecule has 30 heavy (non-hydrogen) atoms. The van der Waals surface area contributed by atoms with Crippen LogP contribution in [0.15, 0.2) is 75.6 Å². The zero-order chi connectivity index (χ0) is 20.8. The molecular formula is C22H18N4O2S2. The minimum atomic E-state index is -0.315. The summed E-state index contributed by atoms with van der Waals surface area (Å²) in [6, 6.07) is 19.5. The molecule has 0 aliphatic rings. The number of amides is 1. The highest BCUT2D eigenvalue weighted by molar-refractivity contribution is 8.01. The van der Waals surface area contributed by atoms with Gasteiger partial charge in [-0.15, -0.1) is 10.2 Å². The minimum Gasteiger partial charge on any atom is -0.355 e. The second-order valence-electron chi connectivity index (χ2n) is 6.29. The highest BCUT2D eigenvalue weighted by Gasteiger charge is 2.22. The van der Waals surface area contributed by atoms with E-state index in [9.17, 15) is 4.79 Å². The molecule has 1 amide bonds. The Morgan fingerprint density at radius 2 is 1.83 bits per heavy atom. The fraction of sp³-hybridized carbons (Fsp3) is 0.0909. The Hall–Kier alpha value is -3.23. The third-order valence-electron chi connectivity index (χ3n) is 4.17. The summed E-state index contributed by atoms with van der Waals surface area (Å²) in [5.74, 6) is 0.889. The zero-order valence-electron chi connectivity index (χ0n) is 16.1. The number of nitrogens with zero attached hydrogens (tertiary/aromatic N) is 3. The van der Waals surface area contributed by atoms with Crippen LogP contribution in [-0.2, 0) is 0 Å². The van der Waals surface area contributed by atoms with Crippen molar-refractivity contribution in [2.24, 2.45) is 0 Å². The van der Waals surface area contributed by atoms with E-state index in [0.717, 1.165) is 21.2 Å². The highest BCUT2D eigenvalue weighted by atomic mass is 32.2. The number of nitrogens with one attached hydrogen (secondary N) is 1. The number of anilines is 1. The molecule has 8 heteroatoms. The maximum absolute atomic E-state index is 12.8. The summed E-state index contributed by atoms with van der Waals surface area (Å²) in [6.45, 7) is 1.74. The molecule has 0 spiro atoms. The Labute approximate surface area is 182 Å². The maximum atomic E-state index is 12.8. The van der Waals surface area contributed by atoms with Crippen LogP contribution >= 0.6 is 23.1 Å². The van der Waals surface area contributed by atoms with Gasteiger partial charge in [0.2, 0.25) is 5.13 Å². The summed E-state index contributed by atoms with van der Waals surface area (Å²) in [4.78, 5) is 12.8. The van der Waals surface area contributed by atoms with Crippen LogP contribution in [0.25, 0.3) is 17.4 Å². The third kappa shape index (κ3) is 4.84. The molecule has 0 saturated carbocycles. The van der Waals surface area contributed by atoms with Crippen molar-refractivity contribution in [3.8, 4) is 11.3 Å². The van der Waals surface area contributed by atoms with Crippen molar-refractivity contribution in [2.75, 3.05) is 11.1 Å². The van der Waals surface area contributed by atoms with E-state index in [1.54, 1.807) is 18.7 Å². The number of hydrogen-bond donors (Lipinski definition) is 1. The van der Waals surface area contributed by atoms with Gasteiger partial charge in [-0.3, -0.25) is 10.1 Å². The molecule has 0 aliphatic heterocycles. The van der Waals surface area contributed by atoms with Gasteiger partial charge in [0, 0.05) is 11.3 Å². The molecule has 0 atom stereocenters.